The fourth-order valence-corrected chi connectivity index (χ4v) is 3.12. The molecule has 14 heavy (non-hydrogen) atoms. The summed E-state index contributed by atoms with van der Waals surface area (Å²) in [6.07, 6.45) is 7.27. The normalized spacial score (nSPS) is 40.7. The van der Waals surface area contributed by atoms with E-state index in [1.165, 1.54) is 32.2 Å². The Morgan fingerprint density at radius 2 is 2.29 bits per heavy atom. The maximum Gasteiger partial charge on any atom is 0.0819 e. The first kappa shape index (κ1) is 10.0. The van der Waals surface area contributed by atoms with Gasteiger partial charge in [-0.05, 0) is 56.6 Å². The summed E-state index contributed by atoms with van der Waals surface area (Å²) < 4.78 is 5.18. The average molecular weight is 195 g/mol. The van der Waals surface area contributed by atoms with Crippen LogP contribution in [0.5, 0.6) is 0 Å². The minimum Gasteiger partial charge on any atom is -0.504 e. The fourth-order valence-electron chi connectivity index (χ4n) is 3.12. The molecular weight excluding hydrogens is 174 g/mol. The maximum absolute atomic E-state index is 5.18. The molecule has 0 bridgehead atoms. The van der Waals surface area contributed by atoms with Crippen LogP contribution in [0.1, 0.15) is 32.6 Å². The van der Waals surface area contributed by atoms with E-state index in [-0.39, 0.29) is 0 Å². The minimum absolute atomic E-state index is 0.689. The first-order valence-corrected chi connectivity index (χ1v) is 5.78. The van der Waals surface area contributed by atoms with Gasteiger partial charge in [-0.1, -0.05) is 0 Å². The van der Waals surface area contributed by atoms with Crippen molar-refractivity contribution in [1.82, 2.24) is 5.32 Å². The van der Waals surface area contributed by atoms with E-state index in [1.807, 2.05) is 6.26 Å². The molecular formula is C12H21NO. The number of fused-ring (bicyclic) bond motifs is 1. The van der Waals surface area contributed by atoms with Crippen molar-refractivity contribution in [3.05, 3.63) is 11.8 Å². The molecule has 1 saturated heterocycles. The van der Waals surface area contributed by atoms with Gasteiger partial charge in [0.1, 0.15) is 0 Å². The Balaban J connectivity index is 2.11. The highest BCUT2D eigenvalue weighted by Crippen LogP contribution is 2.40. The van der Waals surface area contributed by atoms with Crippen LogP contribution in [-0.4, -0.2) is 19.7 Å². The molecule has 3 atom stereocenters. The molecule has 2 heteroatoms. The molecule has 1 aliphatic carbocycles. The van der Waals surface area contributed by atoms with Gasteiger partial charge in [0.15, 0.2) is 0 Å². The molecule has 0 aromatic carbocycles. The predicted octanol–water partition coefficient (Wildman–Crippen LogP) is 2.31. The first-order chi connectivity index (χ1) is 6.83. The summed E-state index contributed by atoms with van der Waals surface area (Å²) in [5, 5.41) is 3.58. The van der Waals surface area contributed by atoms with Gasteiger partial charge in [-0.3, -0.25) is 0 Å². The lowest BCUT2D eigenvalue weighted by Gasteiger charge is -2.41. The van der Waals surface area contributed by atoms with Crippen molar-refractivity contribution in [2.24, 2.45) is 11.8 Å². The number of hydrogen-bond donors (Lipinski definition) is 1. The van der Waals surface area contributed by atoms with Gasteiger partial charge in [0.05, 0.1) is 13.4 Å². The summed E-state index contributed by atoms with van der Waals surface area (Å²) in [7, 11) is 1.76. The molecule has 1 aliphatic heterocycles. The molecule has 2 aliphatic rings. The minimum atomic E-state index is 0.689. The molecule has 80 valence electrons. The van der Waals surface area contributed by atoms with Gasteiger partial charge < -0.3 is 10.1 Å². The van der Waals surface area contributed by atoms with E-state index in [4.69, 9.17) is 4.74 Å². The largest absolute Gasteiger partial charge is 0.504 e. The first-order valence-electron chi connectivity index (χ1n) is 5.78. The molecule has 0 spiro atoms. The van der Waals surface area contributed by atoms with Crippen LogP contribution in [0.4, 0.5) is 0 Å². The van der Waals surface area contributed by atoms with Gasteiger partial charge in [0, 0.05) is 6.04 Å². The Labute approximate surface area is 86.7 Å². The lowest BCUT2D eigenvalue weighted by atomic mass is 9.70. The summed E-state index contributed by atoms with van der Waals surface area (Å²) >= 11 is 0. The Bertz CT molecular complexity index is 224. The zero-order valence-electron chi connectivity index (χ0n) is 9.25. The standard InChI is InChI=1S/C12H21NO/c1-9-11-5-3-4-10(8-14-2)12(11)6-7-13-9/h8-9,11-13H,3-7H2,1-2H3/b10-8+/t9-,11+,12-/m0/s1. The van der Waals surface area contributed by atoms with Gasteiger partial charge in [-0.25, -0.2) is 0 Å². The van der Waals surface area contributed by atoms with Crippen molar-refractivity contribution in [3.63, 3.8) is 0 Å². The number of ether oxygens (including phenoxy) is 1. The van der Waals surface area contributed by atoms with Crippen molar-refractivity contribution in [2.45, 2.75) is 38.6 Å². The predicted molar refractivity (Wildman–Crippen MR) is 58.0 cm³/mol. The molecule has 1 saturated carbocycles. The highest BCUT2D eigenvalue weighted by molar-refractivity contribution is 5.11. The van der Waals surface area contributed by atoms with Gasteiger partial charge in [0.25, 0.3) is 0 Å². The number of piperidine rings is 1. The van der Waals surface area contributed by atoms with E-state index in [9.17, 15) is 0 Å². The summed E-state index contributed by atoms with van der Waals surface area (Å²) in [5.74, 6) is 1.64. The van der Waals surface area contributed by atoms with Crippen LogP contribution in [0.3, 0.4) is 0 Å². The summed E-state index contributed by atoms with van der Waals surface area (Å²) in [4.78, 5) is 0. The van der Waals surface area contributed by atoms with Gasteiger partial charge in [-0.2, -0.15) is 0 Å². The highest BCUT2D eigenvalue weighted by Gasteiger charge is 2.35. The third kappa shape index (κ3) is 1.81. The number of rotatable bonds is 1. The van der Waals surface area contributed by atoms with E-state index in [0.717, 1.165) is 11.8 Å². The summed E-state index contributed by atoms with van der Waals surface area (Å²) in [6, 6.07) is 0.689. The third-order valence-electron chi connectivity index (χ3n) is 3.83. The van der Waals surface area contributed by atoms with E-state index >= 15 is 0 Å². The number of nitrogens with one attached hydrogen (secondary N) is 1. The van der Waals surface area contributed by atoms with Crippen LogP contribution in [-0.2, 0) is 4.74 Å². The summed E-state index contributed by atoms with van der Waals surface area (Å²) in [6.45, 7) is 3.50. The van der Waals surface area contributed by atoms with Crippen LogP contribution in [0.15, 0.2) is 11.8 Å². The van der Waals surface area contributed by atoms with Crippen molar-refractivity contribution in [2.75, 3.05) is 13.7 Å². The van der Waals surface area contributed by atoms with Crippen molar-refractivity contribution in [1.29, 1.82) is 0 Å². The smallest absolute Gasteiger partial charge is 0.0819 e. The molecule has 1 N–H and O–H groups in total. The average Bonchev–Trinajstić information content (AvgIpc) is 2.20. The van der Waals surface area contributed by atoms with Gasteiger partial charge in [0.2, 0.25) is 0 Å². The lowest BCUT2D eigenvalue weighted by Crippen LogP contribution is -2.46. The highest BCUT2D eigenvalue weighted by atomic mass is 16.5. The number of allylic oxidation sites excluding steroid dienone is 1. The van der Waals surface area contributed by atoms with E-state index < -0.39 is 0 Å². The second kappa shape index (κ2) is 4.35. The fraction of sp³-hybridized carbons (Fsp3) is 0.833. The Hall–Kier alpha value is -0.500. The SMILES string of the molecule is CO/C=C1\CCC[C@@H]2[C@H](C)NCC[C@@H]12. The van der Waals surface area contributed by atoms with Gasteiger partial charge >= 0.3 is 0 Å². The van der Waals surface area contributed by atoms with E-state index in [0.29, 0.717) is 6.04 Å². The molecule has 0 aromatic rings. The molecule has 0 aromatic heterocycles. The zero-order chi connectivity index (χ0) is 9.97. The molecule has 2 fully saturated rings. The molecule has 2 rings (SSSR count). The van der Waals surface area contributed by atoms with Crippen molar-refractivity contribution < 1.29 is 4.74 Å². The molecule has 0 radical (unpaired) electrons. The Morgan fingerprint density at radius 3 is 3.07 bits per heavy atom. The Kier molecular flexibility index (Phi) is 3.12. The summed E-state index contributed by atoms with van der Waals surface area (Å²) in [5.41, 5.74) is 1.55. The number of hydrogen-bond acceptors (Lipinski definition) is 2. The van der Waals surface area contributed by atoms with Crippen LogP contribution in [0.25, 0.3) is 0 Å². The van der Waals surface area contributed by atoms with E-state index in [1.54, 1.807) is 12.7 Å². The molecule has 1 heterocycles. The third-order valence-corrected chi connectivity index (χ3v) is 3.83. The lowest BCUT2D eigenvalue weighted by molar-refractivity contribution is 0.179. The van der Waals surface area contributed by atoms with Gasteiger partial charge in [-0.15, -0.1) is 0 Å². The maximum atomic E-state index is 5.18. The zero-order valence-corrected chi connectivity index (χ0v) is 9.25. The molecule has 0 amide bonds. The second-order valence-electron chi connectivity index (χ2n) is 4.62. The molecule has 0 unspecified atom stereocenters. The van der Waals surface area contributed by atoms with Crippen molar-refractivity contribution >= 4 is 0 Å². The topological polar surface area (TPSA) is 21.3 Å². The second-order valence-corrected chi connectivity index (χ2v) is 4.62. The van der Waals surface area contributed by atoms with Crippen LogP contribution < -0.4 is 5.32 Å². The molecule has 2 nitrogen and oxygen atoms in total. The Morgan fingerprint density at radius 1 is 1.43 bits per heavy atom. The number of methoxy groups -OCH3 is 1. The van der Waals surface area contributed by atoms with E-state index in [2.05, 4.69) is 12.2 Å². The van der Waals surface area contributed by atoms with Crippen LogP contribution >= 0.6 is 0 Å². The van der Waals surface area contributed by atoms with Crippen LogP contribution in [0.2, 0.25) is 0 Å². The monoisotopic (exact) mass is 195 g/mol. The quantitative estimate of drug-likeness (QED) is 0.648. The van der Waals surface area contributed by atoms with Crippen molar-refractivity contribution in [3.8, 4) is 0 Å². The van der Waals surface area contributed by atoms with Crippen LogP contribution in [0, 0.1) is 11.8 Å².